The van der Waals surface area contributed by atoms with Crippen LogP contribution in [0.3, 0.4) is 0 Å². The number of carbonyl (C=O) groups excluding carboxylic acids is 1. The van der Waals surface area contributed by atoms with Gasteiger partial charge in [0.25, 0.3) is 0 Å². The minimum atomic E-state index is -1.05. The van der Waals surface area contributed by atoms with Gasteiger partial charge in [0.1, 0.15) is 11.2 Å². The summed E-state index contributed by atoms with van der Waals surface area (Å²) in [5.74, 6) is -0.695. The van der Waals surface area contributed by atoms with Crippen molar-refractivity contribution in [3.8, 4) is 0 Å². The van der Waals surface area contributed by atoms with Gasteiger partial charge < -0.3 is 15.6 Å². The first-order valence-corrected chi connectivity index (χ1v) is 7.95. The molecule has 22 heavy (non-hydrogen) atoms. The molecule has 3 N–H and O–H groups in total. The molecule has 0 heterocycles. The lowest BCUT2D eigenvalue weighted by atomic mass is 9.82. The van der Waals surface area contributed by atoms with Crippen molar-refractivity contribution in [1.82, 2.24) is 0 Å². The molecule has 0 saturated heterocycles. The Kier molecular flexibility index (Phi) is 8.05. The Balaban J connectivity index is 5.29. The van der Waals surface area contributed by atoms with E-state index < -0.39 is 17.1 Å². The number of rotatable bonds is 7. The lowest BCUT2D eigenvalue weighted by molar-refractivity contribution is -0.157. The topological polar surface area (TPSA) is 72.5 Å². The van der Waals surface area contributed by atoms with Crippen molar-refractivity contribution in [2.75, 3.05) is 6.54 Å². The summed E-state index contributed by atoms with van der Waals surface area (Å²) >= 11 is 0. The van der Waals surface area contributed by atoms with Gasteiger partial charge in [0.2, 0.25) is 0 Å². The fraction of sp³-hybridized carbons (Fsp3) is 0.722. The minimum absolute atomic E-state index is 0.286. The summed E-state index contributed by atoms with van der Waals surface area (Å²) < 4.78 is 5.38. The molecule has 0 rings (SSSR count). The Morgan fingerprint density at radius 3 is 2.23 bits per heavy atom. The van der Waals surface area contributed by atoms with Crippen LogP contribution in [0.25, 0.3) is 0 Å². The van der Waals surface area contributed by atoms with Crippen molar-refractivity contribution in [2.45, 2.75) is 72.5 Å². The van der Waals surface area contributed by atoms with Crippen LogP contribution in [-0.4, -0.2) is 28.8 Å². The van der Waals surface area contributed by atoms with E-state index in [0.717, 1.165) is 11.1 Å². The van der Waals surface area contributed by atoms with Gasteiger partial charge in [0.15, 0.2) is 0 Å². The third kappa shape index (κ3) is 6.32. The van der Waals surface area contributed by atoms with Crippen LogP contribution in [-0.2, 0) is 9.53 Å². The van der Waals surface area contributed by atoms with Crippen LogP contribution in [0, 0.1) is 5.92 Å². The van der Waals surface area contributed by atoms with Gasteiger partial charge >= 0.3 is 5.97 Å². The average molecular weight is 311 g/mol. The van der Waals surface area contributed by atoms with Crippen LogP contribution in [0.4, 0.5) is 0 Å². The summed E-state index contributed by atoms with van der Waals surface area (Å²) in [6.07, 6.45) is 4.94. The van der Waals surface area contributed by atoms with Crippen LogP contribution in [0.2, 0.25) is 0 Å². The standard InChI is InChI=1S/C18H33NO3/c1-8-14(3)18(21,10-9-11-19)15(4)12-13(2)16(20)22-17(5,6)7/h8,12-13,21H,9-11,19H2,1-7H3. The summed E-state index contributed by atoms with van der Waals surface area (Å²) in [6.45, 7) is 13.5. The summed E-state index contributed by atoms with van der Waals surface area (Å²) in [5, 5.41) is 11.0. The Hall–Kier alpha value is -1.13. The molecule has 4 nitrogen and oxygen atoms in total. The highest BCUT2D eigenvalue weighted by Crippen LogP contribution is 2.31. The third-order valence-corrected chi connectivity index (χ3v) is 3.76. The number of allylic oxidation sites excluding steroid dienone is 1. The second-order valence-corrected chi connectivity index (χ2v) is 6.90. The van der Waals surface area contributed by atoms with Gasteiger partial charge in [-0.25, -0.2) is 0 Å². The highest BCUT2D eigenvalue weighted by Gasteiger charge is 2.31. The van der Waals surface area contributed by atoms with Crippen LogP contribution in [0.1, 0.15) is 61.3 Å². The van der Waals surface area contributed by atoms with E-state index in [-0.39, 0.29) is 5.97 Å². The van der Waals surface area contributed by atoms with Crippen molar-refractivity contribution in [3.05, 3.63) is 23.3 Å². The number of nitrogens with two attached hydrogens (primary N) is 1. The van der Waals surface area contributed by atoms with E-state index in [1.807, 2.05) is 47.6 Å². The zero-order valence-corrected chi connectivity index (χ0v) is 15.2. The summed E-state index contributed by atoms with van der Waals surface area (Å²) in [7, 11) is 0. The number of esters is 1. The van der Waals surface area contributed by atoms with E-state index >= 15 is 0 Å². The second kappa shape index (κ2) is 8.49. The SMILES string of the molecule is CC=C(C)C(O)(CCCN)C(C)=CC(C)C(=O)OC(C)(C)C. The molecule has 0 aromatic heterocycles. The molecule has 4 heteroatoms. The van der Waals surface area contributed by atoms with E-state index in [1.54, 1.807) is 13.0 Å². The van der Waals surface area contributed by atoms with E-state index in [4.69, 9.17) is 10.5 Å². The quantitative estimate of drug-likeness (QED) is 0.558. The first kappa shape index (κ1) is 20.9. The maximum atomic E-state index is 12.1. The Bertz CT molecular complexity index is 432. The van der Waals surface area contributed by atoms with Crippen molar-refractivity contribution in [3.63, 3.8) is 0 Å². The average Bonchev–Trinajstić information content (AvgIpc) is 2.41. The predicted molar refractivity (Wildman–Crippen MR) is 91.4 cm³/mol. The maximum Gasteiger partial charge on any atom is 0.313 e. The molecule has 0 amide bonds. The zero-order valence-electron chi connectivity index (χ0n) is 15.2. The fourth-order valence-corrected chi connectivity index (χ4v) is 2.28. The molecule has 0 saturated carbocycles. The van der Waals surface area contributed by atoms with Crippen LogP contribution in [0.15, 0.2) is 23.3 Å². The molecule has 0 bridgehead atoms. The third-order valence-electron chi connectivity index (χ3n) is 3.76. The molecule has 0 spiro atoms. The fourth-order valence-electron chi connectivity index (χ4n) is 2.28. The molecule has 0 aliphatic heterocycles. The normalized spacial score (nSPS) is 17.9. The largest absolute Gasteiger partial charge is 0.460 e. The summed E-state index contributed by atoms with van der Waals surface area (Å²) in [5.41, 5.74) is 5.64. The Morgan fingerprint density at radius 1 is 1.27 bits per heavy atom. The minimum Gasteiger partial charge on any atom is -0.460 e. The number of ether oxygens (including phenoxy) is 1. The Morgan fingerprint density at radius 2 is 1.82 bits per heavy atom. The van der Waals surface area contributed by atoms with E-state index in [1.165, 1.54) is 0 Å². The molecule has 0 fully saturated rings. The van der Waals surface area contributed by atoms with Crippen LogP contribution < -0.4 is 5.73 Å². The summed E-state index contributed by atoms with van der Waals surface area (Å²) in [4.78, 5) is 12.1. The molecule has 0 aromatic carbocycles. The van der Waals surface area contributed by atoms with Gasteiger partial charge in [0.05, 0.1) is 5.92 Å². The molecule has 0 radical (unpaired) electrons. The molecule has 0 aromatic rings. The van der Waals surface area contributed by atoms with Gasteiger partial charge in [0, 0.05) is 0 Å². The molecular formula is C18H33NO3. The number of hydrogen-bond donors (Lipinski definition) is 2. The first-order chi connectivity index (χ1) is 9.97. The van der Waals surface area contributed by atoms with Gasteiger partial charge in [-0.2, -0.15) is 0 Å². The molecule has 0 aliphatic rings. The highest BCUT2D eigenvalue weighted by atomic mass is 16.6. The molecule has 0 aliphatic carbocycles. The molecule has 2 unspecified atom stereocenters. The number of carbonyl (C=O) groups is 1. The number of aliphatic hydroxyl groups is 1. The smallest absolute Gasteiger partial charge is 0.313 e. The van der Waals surface area contributed by atoms with E-state index in [0.29, 0.717) is 19.4 Å². The van der Waals surface area contributed by atoms with Crippen molar-refractivity contribution in [2.24, 2.45) is 11.7 Å². The molecule has 2 atom stereocenters. The summed E-state index contributed by atoms with van der Waals surface area (Å²) in [6, 6.07) is 0. The number of hydrogen-bond acceptors (Lipinski definition) is 4. The van der Waals surface area contributed by atoms with Crippen molar-refractivity contribution >= 4 is 5.97 Å². The predicted octanol–water partition coefficient (Wildman–Crippen LogP) is 3.35. The first-order valence-electron chi connectivity index (χ1n) is 7.95. The monoisotopic (exact) mass is 311 g/mol. The van der Waals surface area contributed by atoms with Crippen molar-refractivity contribution < 1.29 is 14.6 Å². The molecular weight excluding hydrogens is 278 g/mol. The Labute approximate surface area is 135 Å². The molecule has 128 valence electrons. The van der Waals surface area contributed by atoms with Crippen LogP contribution in [0.5, 0.6) is 0 Å². The zero-order chi connectivity index (χ0) is 17.6. The second-order valence-electron chi connectivity index (χ2n) is 6.90. The maximum absolute atomic E-state index is 12.1. The van der Waals surface area contributed by atoms with E-state index in [9.17, 15) is 9.90 Å². The van der Waals surface area contributed by atoms with Gasteiger partial charge in [-0.3, -0.25) is 4.79 Å². The highest BCUT2D eigenvalue weighted by molar-refractivity contribution is 5.74. The van der Waals surface area contributed by atoms with Crippen LogP contribution >= 0.6 is 0 Å². The lowest BCUT2D eigenvalue weighted by Crippen LogP contribution is -2.33. The van der Waals surface area contributed by atoms with Crippen molar-refractivity contribution in [1.29, 1.82) is 0 Å². The lowest BCUT2D eigenvalue weighted by Gasteiger charge is -2.31. The van der Waals surface area contributed by atoms with Gasteiger partial charge in [-0.05, 0) is 79.0 Å². The van der Waals surface area contributed by atoms with Gasteiger partial charge in [-0.1, -0.05) is 12.2 Å². The van der Waals surface area contributed by atoms with Gasteiger partial charge in [-0.15, -0.1) is 0 Å². The van der Waals surface area contributed by atoms with E-state index in [2.05, 4.69) is 0 Å².